The molecule has 0 radical (unpaired) electrons. The lowest BCUT2D eigenvalue weighted by Gasteiger charge is -2.04. The molecular weight excluding hydrogens is 380 g/mol. The van der Waals surface area contributed by atoms with E-state index in [0.717, 1.165) is 15.4 Å². The minimum atomic E-state index is -0.321. The molecule has 1 N–H and O–H groups in total. The largest absolute Gasteiger partial charge is 0.449 e. The van der Waals surface area contributed by atoms with Gasteiger partial charge in [-0.25, -0.2) is 4.98 Å². The third-order valence-corrected chi connectivity index (χ3v) is 4.47. The van der Waals surface area contributed by atoms with Crippen molar-refractivity contribution in [2.24, 2.45) is 0 Å². The summed E-state index contributed by atoms with van der Waals surface area (Å²) < 4.78 is 6.49. The zero-order valence-electron chi connectivity index (χ0n) is 12.0. The predicted octanol–water partition coefficient (Wildman–Crippen LogP) is 5.06. The standard InChI is InChI=1S/C17H10BrClN2O2/c1-8-2-5-13-11(6-8)14-15(23-13)17(22)21-16(20-14)10-4-3-9(18)7-12(10)19/h2-7H,1H3,(H,20,21,22). The maximum absolute atomic E-state index is 12.4. The second-order valence-corrected chi connectivity index (χ2v) is 6.64. The lowest BCUT2D eigenvalue weighted by molar-refractivity contribution is 0.661. The van der Waals surface area contributed by atoms with Crippen LogP contribution in [0.4, 0.5) is 0 Å². The first-order valence-corrected chi connectivity index (χ1v) is 8.08. The van der Waals surface area contributed by atoms with Crippen molar-refractivity contribution in [3.63, 3.8) is 0 Å². The lowest BCUT2D eigenvalue weighted by atomic mass is 10.1. The molecule has 0 saturated heterocycles. The Balaban J connectivity index is 2.07. The van der Waals surface area contributed by atoms with Gasteiger partial charge >= 0.3 is 0 Å². The number of halogens is 2. The predicted molar refractivity (Wildman–Crippen MR) is 95.0 cm³/mol. The number of nitrogens with one attached hydrogen (secondary N) is 1. The van der Waals surface area contributed by atoms with Crippen LogP contribution in [0.2, 0.25) is 5.02 Å². The number of rotatable bonds is 1. The number of aryl methyl sites for hydroxylation is 1. The van der Waals surface area contributed by atoms with Crippen molar-refractivity contribution >= 4 is 49.6 Å². The molecule has 6 heteroatoms. The second kappa shape index (κ2) is 5.22. The van der Waals surface area contributed by atoms with Crippen LogP contribution in [-0.2, 0) is 0 Å². The highest BCUT2D eigenvalue weighted by molar-refractivity contribution is 9.10. The van der Waals surface area contributed by atoms with Gasteiger partial charge in [0.1, 0.15) is 16.9 Å². The first kappa shape index (κ1) is 14.5. The van der Waals surface area contributed by atoms with Crippen molar-refractivity contribution in [3.05, 3.63) is 61.8 Å². The van der Waals surface area contributed by atoms with Crippen LogP contribution in [0.5, 0.6) is 0 Å². The summed E-state index contributed by atoms with van der Waals surface area (Å²) in [7, 11) is 0. The van der Waals surface area contributed by atoms with Gasteiger partial charge in [0.05, 0.1) is 5.02 Å². The maximum atomic E-state index is 12.4. The van der Waals surface area contributed by atoms with Gasteiger partial charge in [-0.1, -0.05) is 39.2 Å². The van der Waals surface area contributed by atoms with Crippen LogP contribution in [0.1, 0.15) is 5.56 Å². The number of nitrogens with zero attached hydrogens (tertiary/aromatic N) is 1. The molecule has 0 unspecified atom stereocenters. The number of aromatic nitrogens is 2. The van der Waals surface area contributed by atoms with Crippen LogP contribution in [0.15, 0.2) is 50.1 Å². The molecule has 0 spiro atoms. The summed E-state index contributed by atoms with van der Waals surface area (Å²) in [6, 6.07) is 11.2. The molecule has 4 nitrogen and oxygen atoms in total. The Kier molecular flexibility index (Phi) is 3.28. The normalized spacial score (nSPS) is 11.4. The van der Waals surface area contributed by atoms with Gasteiger partial charge in [0, 0.05) is 15.4 Å². The zero-order chi connectivity index (χ0) is 16.1. The van der Waals surface area contributed by atoms with E-state index in [2.05, 4.69) is 25.9 Å². The van der Waals surface area contributed by atoms with Crippen LogP contribution in [0, 0.1) is 6.92 Å². The van der Waals surface area contributed by atoms with E-state index >= 15 is 0 Å². The van der Waals surface area contributed by atoms with Crippen LogP contribution in [0.3, 0.4) is 0 Å². The molecule has 4 aromatic rings. The van der Waals surface area contributed by atoms with E-state index < -0.39 is 0 Å². The van der Waals surface area contributed by atoms with E-state index in [4.69, 9.17) is 16.0 Å². The van der Waals surface area contributed by atoms with Crippen LogP contribution in [0.25, 0.3) is 33.5 Å². The molecule has 0 atom stereocenters. The minimum Gasteiger partial charge on any atom is -0.449 e. The molecule has 114 valence electrons. The quantitative estimate of drug-likeness (QED) is 0.495. The fourth-order valence-corrected chi connectivity index (χ4v) is 3.34. The summed E-state index contributed by atoms with van der Waals surface area (Å²) in [5.41, 5.74) is 2.82. The summed E-state index contributed by atoms with van der Waals surface area (Å²) in [5, 5.41) is 1.33. The number of fused-ring (bicyclic) bond motifs is 3. The Morgan fingerprint density at radius 2 is 2.04 bits per heavy atom. The fourth-order valence-electron chi connectivity index (χ4n) is 2.58. The molecule has 0 aliphatic rings. The number of benzene rings is 2. The zero-order valence-corrected chi connectivity index (χ0v) is 14.3. The molecule has 2 aromatic heterocycles. The van der Waals surface area contributed by atoms with Gasteiger partial charge in [0.25, 0.3) is 5.56 Å². The third-order valence-electron chi connectivity index (χ3n) is 3.67. The smallest absolute Gasteiger partial charge is 0.294 e. The highest BCUT2D eigenvalue weighted by Crippen LogP contribution is 2.31. The molecule has 2 heterocycles. The van der Waals surface area contributed by atoms with E-state index in [9.17, 15) is 4.79 Å². The van der Waals surface area contributed by atoms with E-state index in [-0.39, 0.29) is 11.1 Å². The summed E-state index contributed by atoms with van der Waals surface area (Å²) in [4.78, 5) is 19.7. The highest BCUT2D eigenvalue weighted by Gasteiger charge is 2.15. The Bertz CT molecular complexity index is 1130. The van der Waals surface area contributed by atoms with Gasteiger partial charge in [-0.3, -0.25) is 4.79 Å². The number of hydrogen-bond donors (Lipinski definition) is 1. The van der Waals surface area contributed by atoms with Crippen LogP contribution < -0.4 is 5.56 Å². The molecule has 0 amide bonds. The van der Waals surface area contributed by atoms with Crippen LogP contribution >= 0.6 is 27.5 Å². The molecule has 0 bridgehead atoms. The molecule has 0 fully saturated rings. The molecule has 2 aromatic carbocycles. The molecule has 0 aliphatic carbocycles. The summed E-state index contributed by atoms with van der Waals surface area (Å²) in [5.74, 6) is 0.421. The monoisotopic (exact) mass is 388 g/mol. The first-order chi connectivity index (χ1) is 11.0. The van der Waals surface area contributed by atoms with Crippen molar-refractivity contribution in [1.29, 1.82) is 0 Å². The van der Waals surface area contributed by atoms with E-state index in [0.29, 0.717) is 27.5 Å². The van der Waals surface area contributed by atoms with Crippen molar-refractivity contribution in [1.82, 2.24) is 9.97 Å². The lowest BCUT2D eigenvalue weighted by Crippen LogP contribution is -2.08. The second-order valence-electron chi connectivity index (χ2n) is 5.32. The maximum Gasteiger partial charge on any atom is 0.294 e. The number of hydrogen-bond acceptors (Lipinski definition) is 3. The molecule has 0 saturated carbocycles. The summed E-state index contributed by atoms with van der Waals surface area (Å²) in [6.45, 7) is 1.98. The van der Waals surface area contributed by atoms with Gasteiger partial charge < -0.3 is 9.40 Å². The number of H-pyrrole nitrogens is 1. The average Bonchev–Trinajstić information content (AvgIpc) is 2.86. The number of furan rings is 1. The third kappa shape index (κ3) is 2.36. The van der Waals surface area contributed by atoms with E-state index in [1.807, 2.05) is 37.3 Å². The van der Waals surface area contributed by atoms with E-state index in [1.165, 1.54) is 0 Å². The van der Waals surface area contributed by atoms with Gasteiger partial charge in [0.2, 0.25) is 5.58 Å². The highest BCUT2D eigenvalue weighted by atomic mass is 79.9. The molecular formula is C17H10BrClN2O2. The average molecular weight is 390 g/mol. The first-order valence-electron chi connectivity index (χ1n) is 6.91. The fraction of sp³-hybridized carbons (Fsp3) is 0.0588. The molecule has 23 heavy (non-hydrogen) atoms. The van der Waals surface area contributed by atoms with Crippen LogP contribution in [-0.4, -0.2) is 9.97 Å². The van der Waals surface area contributed by atoms with E-state index in [1.54, 1.807) is 6.07 Å². The minimum absolute atomic E-state index is 0.225. The van der Waals surface area contributed by atoms with Gasteiger partial charge in [-0.2, -0.15) is 0 Å². The van der Waals surface area contributed by atoms with Crippen molar-refractivity contribution in [3.8, 4) is 11.4 Å². The Morgan fingerprint density at radius 1 is 1.22 bits per heavy atom. The topological polar surface area (TPSA) is 58.9 Å². The SMILES string of the molecule is Cc1ccc2oc3c(=O)[nH]c(-c4ccc(Br)cc4Cl)nc3c2c1. The Labute approximate surface area is 144 Å². The van der Waals surface area contributed by atoms with Crippen molar-refractivity contribution in [2.45, 2.75) is 6.92 Å². The number of aromatic amines is 1. The van der Waals surface area contributed by atoms with Crippen molar-refractivity contribution < 1.29 is 4.42 Å². The van der Waals surface area contributed by atoms with Gasteiger partial charge in [-0.15, -0.1) is 0 Å². The molecule has 0 aliphatic heterocycles. The molecule has 4 rings (SSSR count). The summed E-state index contributed by atoms with van der Waals surface area (Å²) >= 11 is 9.64. The Hall–Kier alpha value is -2.11. The Morgan fingerprint density at radius 3 is 2.83 bits per heavy atom. The van der Waals surface area contributed by atoms with Gasteiger partial charge in [0.15, 0.2) is 0 Å². The van der Waals surface area contributed by atoms with Gasteiger partial charge in [-0.05, 0) is 37.3 Å². The summed E-state index contributed by atoms with van der Waals surface area (Å²) in [6.07, 6.45) is 0. The van der Waals surface area contributed by atoms with Crippen molar-refractivity contribution in [2.75, 3.05) is 0 Å².